The molecule has 1 rings (SSSR count). The largest absolute Gasteiger partial charge is 0.264 e. The fraction of sp³-hybridized carbons (Fsp3) is 0.333. The molecule has 0 N–H and O–H groups in total. The van der Waals surface area contributed by atoms with E-state index in [9.17, 15) is 12.8 Å². The Morgan fingerprint density at radius 3 is 2.38 bits per heavy atom. The molecule has 0 aromatic heterocycles. The fourth-order valence-corrected chi connectivity index (χ4v) is 2.33. The van der Waals surface area contributed by atoms with Crippen LogP contribution in [0.15, 0.2) is 12.1 Å². The van der Waals surface area contributed by atoms with Crippen LogP contribution in [0.25, 0.3) is 0 Å². The molecular weight excluding hydrogens is 278 g/mol. The van der Waals surface area contributed by atoms with E-state index in [4.69, 9.17) is 23.2 Å². The van der Waals surface area contributed by atoms with Crippen LogP contribution in [0, 0.1) is 5.82 Å². The molecule has 3 nitrogen and oxygen atoms in total. The zero-order valence-corrected chi connectivity index (χ0v) is 10.8. The van der Waals surface area contributed by atoms with Crippen molar-refractivity contribution in [2.75, 3.05) is 6.26 Å². The molecule has 1 aromatic carbocycles. The summed E-state index contributed by atoms with van der Waals surface area (Å²) in [5.41, 5.74) is 0.231. The lowest BCUT2D eigenvalue weighted by molar-refractivity contribution is 0.236. The Balaban J connectivity index is 3.09. The van der Waals surface area contributed by atoms with Gasteiger partial charge in [-0.05, 0) is 19.1 Å². The minimum atomic E-state index is -3.63. The molecule has 1 atom stereocenters. The van der Waals surface area contributed by atoms with E-state index in [1.54, 1.807) is 0 Å². The Hall–Kier alpha value is -0.360. The topological polar surface area (TPSA) is 43.4 Å². The highest BCUT2D eigenvalue weighted by Crippen LogP contribution is 2.30. The van der Waals surface area contributed by atoms with Crippen molar-refractivity contribution in [2.45, 2.75) is 13.0 Å². The van der Waals surface area contributed by atoms with Gasteiger partial charge >= 0.3 is 0 Å². The van der Waals surface area contributed by atoms with Crippen LogP contribution in [0.4, 0.5) is 4.39 Å². The van der Waals surface area contributed by atoms with Crippen LogP contribution in [0.3, 0.4) is 0 Å². The van der Waals surface area contributed by atoms with Gasteiger partial charge < -0.3 is 0 Å². The van der Waals surface area contributed by atoms with E-state index in [2.05, 4.69) is 4.18 Å². The van der Waals surface area contributed by atoms with Gasteiger partial charge in [-0.15, -0.1) is 0 Å². The summed E-state index contributed by atoms with van der Waals surface area (Å²) < 4.78 is 39.6. The van der Waals surface area contributed by atoms with Crippen molar-refractivity contribution < 1.29 is 17.0 Å². The third kappa shape index (κ3) is 3.59. The maximum Gasteiger partial charge on any atom is 0.264 e. The molecule has 0 heterocycles. The van der Waals surface area contributed by atoms with Gasteiger partial charge in [0.25, 0.3) is 10.1 Å². The Morgan fingerprint density at radius 1 is 1.31 bits per heavy atom. The van der Waals surface area contributed by atoms with Gasteiger partial charge in [-0.3, -0.25) is 4.18 Å². The Bertz CT molecular complexity index is 502. The number of rotatable bonds is 3. The number of halogens is 3. The number of hydrogen-bond acceptors (Lipinski definition) is 3. The van der Waals surface area contributed by atoms with E-state index in [0.717, 1.165) is 12.3 Å². The molecular formula is C9H9Cl2FO3S. The van der Waals surface area contributed by atoms with Crippen LogP contribution < -0.4 is 0 Å². The fourth-order valence-electron chi connectivity index (χ4n) is 1.16. The van der Waals surface area contributed by atoms with Crippen LogP contribution in [-0.4, -0.2) is 14.7 Å². The molecule has 90 valence electrons. The SMILES string of the molecule is CC(OS(C)(=O)=O)c1cc(F)c(Cl)cc1Cl. The highest BCUT2D eigenvalue weighted by Gasteiger charge is 2.17. The third-order valence-electron chi connectivity index (χ3n) is 1.80. The highest BCUT2D eigenvalue weighted by atomic mass is 35.5. The summed E-state index contributed by atoms with van der Waals surface area (Å²) >= 11 is 11.3. The zero-order valence-electron chi connectivity index (χ0n) is 8.50. The summed E-state index contributed by atoms with van der Waals surface area (Å²) in [4.78, 5) is 0. The number of benzene rings is 1. The first-order valence-electron chi connectivity index (χ1n) is 4.23. The number of hydrogen-bond donors (Lipinski definition) is 0. The summed E-state index contributed by atoms with van der Waals surface area (Å²) in [6.07, 6.45) is 0.0400. The van der Waals surface area contributed by atoms with Crippen molar-refractivity contribution in [3.05, 3.63) is 33.6 Å². The van der Waals surface area contributed by atoms with Gasteiger partial charge in [-0.2, -0.15) is 8.42 Å². The van der Waals surface area contributed by atoms with Gasteiger partial charge in [0.05, 0.1) is 11.3 Å². The predicted molar refractivity (Wildman–Crippen MR) is 60.8 cm³/mol. The lowest BCUT2D eigenvalue weighted by Crippen LogP contribution is -2.08. The van der Waals surface area contributed by atoms with Crippen molar-refractivity contribution in [1.29, 1.82) is 0 Å². The van der Waals surface area contributed by atoms with E-state index in [0.29, 0.717) is 0 Å². The molecule has 0 aliphatic heterocycles. The van der Waals surface area contributed by atoms with Crippen molar-refractivity contribution in [2.24, 2.45) is 0 Å². The minimum Gasteiger partial charge on any atom is -0.262 e. The van der Waals surface area contributed by atoms with Crippen LogP contribution in [0.5, 0.6) is 0 Å². The maximum absolute atomic E-state index is 13.2. The van der Waals surface area contributed by atoms with Crippen molar-refractivity contribution in [1.82, 2.24) is 0 Å². The van der Waals surface area contributed by atoms with Crippen LogP contribution in [0.2, 0.25) is 10.0 Å². The van der Waals surface area contributed by atoms with E-state index in [1.807, 2.05) is 0 Å². The van der Waals surface area contributed by atoms with Gasteiger partial charge in [0.15, 0.2) is 0 Å². The average molecular weight is 287 g/mol. The maximum atomic E-state index is 13.2. The molecule has 0 saturated carbocycles. The first kappa shape index (κ1) is 13.7. The Labute approximate surface area is 103 Å². The molecule has 1 aromatic rings. The van der Waals surface area contributed by atoms with Gasteiger partial charge in [-0.1, -0.05) is 23.2 Å². The minimum absolute atomic E-state index is 0.125. The molecule has 0 radical (unpaired) electrons. The monoisotopic (exact) mass is 286 g/mol. The van der Waals surface area contributed by atoms with E-state index in [1.165, 1.54) is 13.0 Å². The Kier molecular flexibility index (Phi) is 4.17. The molecule has 0 amide bonds. The lowest BCUT2D eigenvalue weighted by atomic mass is 10.1. The van der Waals surface area contributed by atoms with Gasteiger partial charge in [0.2, 0.25) is 0 Å². The molecule has 1 unspecified atom stereocenters. The first-order valence-corrected chi connectivity index (χ1v) is 6.80. The van der Waals surface area contributed by atoms with Crippen LogP contribution in [0.1, 0.15) is 18.6 Å². The highest BCUT2D eigenvalue weighted by molar-refractivity contribution is 7.86. The summed E-state index contributed by atoms with van der Waals surface area (Å²) in [5.74, 6) is -0.676. The molecule has 0 bridgehead atoms. The van der Waals surface area contributed by atoms with Crippen molar-refractivity contribution in [3.8, 4) is 0 Å². The second-order valence-electron chi connectivity index (χ2n) is 3.23. The van der Waals surface area contributed by atoms with Gasteiger partial charge in [0, 0.05) is 10.6 Å². The second kappa shape index (κ2) is 4.87. The second-order valence-corrected chi connectivity index (χ2v) is 5.65. The third-order valence-corrected chi connectivity index (χ3v) is 3.05. The summed E-state index contributed by atoms with van der Waals surface area (Å²) in [6.45, 7) is 1.45. The standard InChI is InChI=1S/C9H9Cl2FO3S/c1-5(15-16(2,13)14)6-3-9(12)8(11)4-7(6)10/h3-5H,1-2H3. The van der Waals surface area contributed by atoms with Gasteiger partial charge in [-0.25, -0.2) is 4.39 Å². The molecule has 0 aliphatic carbocycles. The summed E-state index contributed by atoms with van der Waals surface area (Å²) in [5, 5.41) is 0.0304. The van der Waals surface area contributed by atoms with Gasteiger partial charge in [0.1, 0.15) is 11.9 Å². The first-order chi connectivity index (χ1) is 7.20. The molecule has 0 spiro atoms. The van der Waals surface area contributed by atoms with E-state index in [-0.39, 0.29) is 15.6 Å². The predicted octanol–water partition coefficient (Wildman–Crippen LogP) is 3.17. The normalized spacial score (nSPS) is 13.8. The Morgan fingerprint density at radius 2 is 1.88 bits per heavy atom. The lowest BCUT2D eigenvalue weighted by Gasteiger charge is -2.13. The molecule has 0 fully saturated rings. The summed E-state index contributed by atoms with van der Waals surface area (Å²) in [7, 11) is -3.63. The average Bonchev–Trinajstić information content (AvgIpc) is 2.08. The molecule has 0 aliphatic rings. The summed E-state index contributed by atoms with van der Waals surface area (Å²) in [6, 6.07) is 2.26. The molecule has 7 heteroatoms. The van der Waals surface area contributed by atoms with E-state index >= 15 is 0 Å². The van der Waals surface area contributed by atoms with Crippen molar-refractivity contribution >= 4 is 33.3 Å². The van der Waals surface area contributed by atoms with E-state index < -0.39 is 22.0 Å². The molecule has 0 saturated heterocycles. The zero-order chi connectivity index (χ0) is 12.5. The quantitative estimate of drug-likeness (QED) is 0.633. The smallest absolute Gasteiger partial charge is 0.262 e. The van der Waals surface area contributed by atoms with Crippen LogP contribution in [-0.2, 0) is 14.3 Å². The molecule has 16 heavy (non-hydrogen) atoms. The van der Waals surface area contributed by atoms with Crippen LogP contribution >= 0.6 is 23.2 Å². The van der Waals surface area contributed by atoms with Crippen molar-refractivity contribution in [3.63, 3.8) is 0 Å².